The van der Waals surface area contributed by atoms with Gasteiger partial charge >= 0.3 is 0 Å². The summed E-state index contributed by atoms with van der Waals surface area (Å²) >= 11 is 0. The summed E-state index contributed by atoms with van der Waals surface area (Å²) in [6.07, 6.45) is 3.28. The lowest BCUT2D eigenvalue weighted by molar-refractivity contribution is 0.570. The first-order valence-corrected chi connectivity index (χ1v) is 7.78. The van der Waals surface area contributed by atoms with Gasteiger partial charge in [-0.25, -0.2) is 22.5 Å². The Bertz CT molecular complexity index is 756. The molecule has 8 heteroatoms. The Balaban J connectivity index is 2.31. The lowest BCUT2D eigenvalue weighted by Crippen LogP contribution is -2.26. The minimum absolute atomic E-state index is 0.0275. The quantitative estimate of drug-likeness (QED) is 0.854. The summed E-state index contributed by atoms with van der Waals surface area (Å²) in [5, 5.41) is 0. The standard InChI is InChI=1S/C13H17FN4O2S/c1-9-11(14)5-10(7-15)6-12(9)21(19,20)17-8-13-16-3-4-18(13)2/h3-6,17H,7-8,15H2,1-2H3. The van der Waals surface area contributed by atoms with E-state index in [2.05, 4.69) is 9.71 Å². The smallest absolute Gasteiger partial charge is 0.241 e. The molecule has 0 spiro atoms. The molecule has 114 valence electrons. The van der Waals surface area contributed by atoms with E-state index in [4.69, 9.17) is 5.73 Å². The first-order valence-electron chi connectivity index (χ1n) is 6.30. The van der Waals surface area contributed by atoms with Crippen LogP contribution in [0.4, 0.5) is 4.39 Å². The lowest BCUT2D eigenvalue weighted by Gasteiger charge is -2.11. The normalized spacial score (nSPS) is 11.8. The van der Waals surface area contributed by atoms with E-state index in [1.165, 1.54) is 19.1 Å². The summed E-state index contributed by atoms with van der Waals surface area (Å²) in [4.78, 5) is 3.93. The molecular weight excluding hydrogens is 295 g/mol. The number of nitrogens with one attached hydrogen (secondary N) is 1. The molecule has 2 aromatic rings. The Labute approximate surface area is 122 Å². The number of halogens is 1. The molecule has 1 aromatic carbocycles. The first-order chi connectivity index (χ1) is 9.85. The number of hydrogen-bond donors (Lipinski definition) is 2. The number of imidazole rings is 1. The number of hydrogen-bond acceptors (Lipinski definition) is 4. The Hall–Kier alpha value is -1.77. The molecule has 0 bridgehead atoms. The molecule has 0 radical (unpaired) electrons. The molecule has 0 aliphatic heterocycles. The van der Waals surface area contributed by atoms with Crippen LogP contribution in [0.15, 0.2) is 29.4 Å². The van der Waals surface area contributed by atoms with Crippen molar-refractivity contribution in [2.45, 2.75) is 24.9 Å². The molecule has 0 fully saturated rings. The van der Waals surface area contributed by atoms with Crippen molar-refractivity contribution in [3.63, 3.8) is 0 Å². The molecule has 2 rings (SSSR count). The van der Waals surface area contributed by atoms with E-state index in [1.807, 2.05) is 0 Å². The number of rotatable bonds is 5. The van der Waals surface area contributed by atoms with Gasteiger partial charge in [-0.15, -0.1) is 0 Å². The molecule has 1 heterocycles. The average Bonchev–Trinajstić information content (AvgIpc) is 2.84. The van der Waals surface area contributed by atoms with Crippen LogP contribution in [-0.4, -0.2) is 18.0 Å². The van der Waals surface area contributed by atoms with Gasteiger partial charge in [0, 0.05) is 31.5 Å². The molecule has 0 unspecified atom stereocenters. The Morgan fingerprint density at radius 3 is 2.71 bits per heavy atom. The summed E-state index contributed by atoms with van der Waals surface area (Å²) < 4.78 is 42.5. The molecule has 0 aliphatic rings. The second-order valence-electron chi connectivity index (χ2n) is 4.68. The predicted octanol–water partition coefficient (Wildman–Crippen LogP) is 0.805. The maximum atomic E-state index is 13.8. The van der Waals surface area contributed by atoms with Gasteiger partial charge in [0.1, 0.15) is 11.6 Å². The maximum Gasteiger partial charge on any atom is 0.241 e. The van der Waals surface area contributed by atoms with Crippen LogP contribution < -0.4 is 10.5 Å². The third-order valence-electron chi connectivity index (χ3n) is 3.22. The molecule has 0 amide bonds. The van der Waals surface area contributed by atoms with Crippen LogP contribution in [0.5, 0.6) is 0 Å². The second-order valence-corrected chi connectivity index (χ2v) is 6.42. The van der Waals surface area contributed by atoms with Crippen molar-refractivity contribution in [2.24, 2.45) is 12.8 Å². The van der Waals surface area contributed by atoms with Crippen molar-refractivity contribution in [2.75, 3.05) is 0 Å². The number of aromatic nitrogens is 2. The van der Waals surface area contributed by atoms with Gasteiger partial charge in [0.15, 0.2) is 0 Å². The number of aryl methyl sites for hydroxylation is 1. The third kappa shape index (κ3) is 3.29. The summed E-state index contributed by atoms with van der Waals surface area (Å²) in [7, 11) is -2.08. The highest BCUT2D eigenvalue weighted by molar-refractivity contribution is 7.89. The van der Waals surface area contributed by atoms with Crippen molar-refractivity contribution in [3.05, 3.63) is 47.3 Å². The van der Waals surface area contributed by atoms with Gasteiger partial charge in [0.2, 0.25) is 10.0 Å². The van der Waals surface area contributed by atoms with E-state index < -0.39 is 15.8 Å². The fourth-order valence-corrected chi connectivity index (χ4v) is 3.19. The zero-order chi connectivity index (χ0) is 15.6. The van der Waals surface area contributed by atoms with Crippen molar-refractivity contribution in [3.8, 4) is 0 Å². The van der Waals surface area contributed by atoms with Crippen LogP contribution in [0.1, 0.15) is 17.0 Å². The molecule has 1 aromatic heterocycles. The molecule has 6 nitrogen and oxygen atoms in total. The summed E-state index contributed by atoms with van der Waals surface area (Å²) in [5.41, 5.74) is 5.95. The molecule has 0 atom stereocenters. The van der Waals surface area contributed by atoms with Crippen molar-refractivity contribution >= 4 is 10.0 Å². The minimum Gasteiger partial charge on any atom is -0.337 e. The lowest BCUT2D eigenvalue weighted by atomic mass is 10.1. The highest BCUT2D eigenvalue weighted by atomic mass is 32.2. The van der Waals surface area contributed by atoms with Gasteiger partial charge in [-0.3, -0.25) is 0 Å². The summed E-state index contributed by atoms with van der Waals surface area (Å²) in [6, 6.07) is 2.63. The molecule has 0 saturated carbocycles. The highest BCUT2D eigenvalue weighted by Crippen LogP contribution is 2.20. The Kier molecular flexibility index (Phi) is 4.40. The van der Waals surface area contributed by atoms with Crippen LogP contribution in [0.3, 0.4) is 0 Å². The van der Waals surface area contributed by atoms with Crippen molar-refractivity contribution in [1.29, 1.82) is 0 Å². The molecule has 0 aliphatic carbocycles. The SMILES string of the molecule is Cc1c(F)cc(CN)cc1S(=O)(=O)NCc1nccn1C. The van der Waals surface area contributed by atoms with E-state index in [1.54, 1.807) is 24.0 Å². The number of benzene rings is 1. The molecule has 3 N–H and O–H groups in total. The van der Waals surface area contributed by atoms with E-state index in [0.29, 0.717) is 11.4 Å². The number of nitrogens with zero attached hydrogens (tertiary/aromatic N) is 2. The zero-order valence-corrected chi connectivity index (χ0v) is 12.6. The monoisotopic (exact) mass is 312 g/mol. The molecule has 21 heavy (non-hydrogen) atoms. The highest BCUT2D eigenvalue weighted by Gasteiger charge is 2.20. The van der Waals surface area contributed by atoms with Crippen molar-refractivity contribution < 1.29 is 12.8 Å². The van der Waals surface area contributed by atoms with Crippen LogP contribution in [0, 0.1) is 12.7 Å². The molecular formula is C13H17FN4O2S. The summed E-state index contributed by atoms with van der Waals surface area (Å²) in [5.74, 6) is -0.0259. The van der Waals surface area contributed by atoms with Gasteiger partial charge in [0.25, 0.3) is 0 Å². The fourth-order valence-electron chi connectivity index (χ4n) is 1.91. The van der Waals surface area contributed by atoms with E-state index in [9.17, 15) is 12.8 Å². The summed E-state index contributed by atoms with van der Waals surface area (Å²) in [6.45, 7) is 1.52. The first kappa shape index (κ1) is 15.6. The number of nitrogens with two attached hydrogens (primary N) is 1. The zero-order valence-electron chi connectivity index (χ0n) is 11.8. The maximum absolute atomic E-state index is 13.8. The Morgan fingerprint density at radius 2 is 2.14 bits per heavy atom. The van der Waals surface area contributed by atoms with E-state index in [-0.39, 0.29) is 23.5 Å². The number of sulfonamides is 1. The van der Waals surface area contributed by atoms with Gasteiger partial charge in [-0.05, 0) is 24.6 Å². The molecule has 0 saturated heterocycles. The van der Waals surface area contributed by atoms with Gasteiger partial charge in [0.05, 0.1) is 11.4 Å². The second kappa shape index (κ2) is 5.92. The predicted molar refractivity (Wildman–Crippen MR) is 76.3 cm³/mol. The van der Waals surface area contributed by atoms with Gasteiger partial charge in [-0.1, -0.05) is 0 Å². The minimum atomic E-state index is -3.84. The topological polar surface area (TPSA) is 90.0 Å². The average molecular weight is 312 g/mol. The third-order valence-corrected chi connectivity index (χ3v) is 4.75. The van der Waals surface area contributed by atoms with Crippen LogP contribution in [-0.2, 0) is 30.2 Å². The Morgan fingerprint density at radius 1 is 1.43 bits per heavy atom. The van der Waals surface area contributed by atoms with E-state index >= 15 is 0 Å². The van der Waals surface area contributed by atoms with Crippen LogP contribution in [0.25, 0.3) is 0 Å². The van der Waals surface area contributed by atoms with Crippen LogP contribution in [0.2, 0.25) is 0 Å². The fraction of sp³-hybridized carbons (Fsp3) is 0.308. The van der Waals surface area contributed by atoms with Gasteiger partial charge in [-0.2, -0.15) is 0 Å². The van der Waals surface area contributed by atoms with Crippen LogP contribution >= 0.6 is 0 Å². The largest absolute Gasteiger partial charge is 0.337 e. The van der Waals surface area contributed by atoms with E-state index in [0.717, 1.165) is 0 Å². The van der Waals surface area contributed by atoms with Crippen molar-refractivity contribution in [1.82, 2.24) is 14.3 Å². The van der Waals surface area contributed by atoms with Gasteiger partial charge < -0.3 is 10.3 Å².